The Bertz CT molecular complexity index is 2620. The van der Waals surface area contributed by atoms with Crippen LogP contribution in [-0.4, -0.2) is 46.7 Å². The molecule has 3 N–H and O–H groups in total. The van der Waals surface area contributed by atoms with Crippen LogP contribution in [0.5, 0.6) is 23.0 Å². The number of nitrogens with zero attached hydrogens (tertiary/aromatic N) is 4. The van der Waals surface area contributed by atoms with Crippen molar-refractivity contribution in [3.05, 3.63) is 115 Å². The van der Waals surface area contributed by atoms with Gasteiger partial charge in [-0.25, -0.2) is 14.5 Å². The molecule has 8 rings (SSSR count). The van der Waals surface area contributed by atoms with Gasteiger partial charge in [0.15, 0.2) is 11.4 Å². The number of H-pyrrole nitrogens is 1. The second-order valence-corrected chi connectivity index (χ2v) is 12.3. The number of hydrogen-bond acceptors (Lipinski definition) is 10. The Balaban J connectivity index is 1.29. The monoisotopic (exact) mass is 699 g/mol. The lowest BCUT2D eigenvalue weighted by molar-refractivity contribution is -0.274. The maximum absolute atomic E-state index is 14.5. The lowest BCUT2D eigenvalue weighted by atomic mass is 9.71. The van der Waals surface area contributed by atoms with Crippen LogP contribution in [0.2, 0.25) is 0 Å². The minimum atomic E-state index is -4.88. The summed E-state index contributed by atoms with van der Waals surface area (Å²) in [6.45, 7) is 4.54. The van der Waals surface area contributed by atoms with Gasteiger partial charge in [-0.15, -0.1) is 13.2 Å². The summed E-state index contributed by atoms with van der Waals surface area (Å²) in [5.74, 6) is -1.35. The number of allylic oxidation sites excluding steroid dienone is 1. The van der Waals surface area contributed by atoms with Crippen molar-refractivity contribution in [2.24, 2.45) is 0 Å². The lowest BCUT2D eigenvalue weighted by Crippen LogP contribution is -2.36. The molecular formula is C35H24F3N5O8. The Labute approximate surface area is 283 Å². The van der Waals surface area contributed by atoms with Gasteiger partial charge in [0.2, 0.25) is 0 Å². The topological polar surface area (TPSA) is 175 Å². The fourth-order valence-electron chi connectivity index (χ4n) is 6.69. The van der Waals surface area contributed by atoms with Crippen LogP contribution in [0.3, 0.4) is 0 Å². The second kappa shape index (κ2) is 10.7. The molecule has 2 aromatic carbocycles. The summed E-state index contributed by atoms with van der Waals surface area (Å²) in [7, 11) is 0. The number of aryl methyl sites for hydroxylation is 1. The molecule has 0 saturated heterocycles. The number of halogens is 3. The molecule has 13 nitrogen and oxygen atoms in total. The van der Waals surface area contributed by atoms with Crippen molar-refractivity contribution in [1.82, 2.24) is 24.3 Å². The van der Waals surface area contributed by atoms with Crippen LogP contribution < -0.4 is 20.7 Å². The fraction of sp³-hybridized carbons (Fsp3) is 0.171. The van der Waals surface area contributed by atoms with Gasteiger partial charge in [0, 0.05) is 11.6 Å². The first kappa shape index (κ1) is 31.7. The summed E-state index contributed by atoms with van der Waals surface area (Å²) in [5, 5.41) is 27.5. The zero-order valence-corrected chi connectivity index (χ0v) is 26.7. The first-order valence-electron chi connectivity index (χ1n) is 15.3. The molecule has 0 radical (unpaired) electrons. The molecule has 4 aromatic heterocycles. The number of hydrogen-bond donors (Lipinski definition) is 3. The molecule has 258 valence electrons. The maximum Gasteiger partial charge on any atom is 0.573 e. The highest BCUT2D eigenvalue weighted by Crippen LogP contribution is 2.60. The van der Waals surface area contributed by atoms with Crippen LogP contribution in [0.4, 0.5) is 13.2 Å². The third-order valence-electron chi connectivity index (χ3n) is 9.19. The summed E-state index contributed by atoms with van der Waals surface area (Å²) < 4.78 is 56.5. The van der Waals surface area contributed by atoms with Gasteiger partial charge in [-0.1, -0.05) is 0 Å². The number of aromatic nitrogens is 5. The van der Waals surface area contributed by atoms with Crippen LogP contribution >= 0.6 is 0 Å². The molecule has 0 amide bonds. The van der Waals surface area contributed by atoms with Gasteiger partial charge in [-0.3, -0.25) is 19.1 Å². The molecule has 1 aliphatic heterocycles. The number of furan rings is 1. The van der Waals surface area contributed by atoms with Crippen molar-refractivity contribution in [2.75, 3.05) is 0 Å². The van der Waals surface area contributed by atoms with E-state index in [0.717, 1.165) is 12.1 Å². The maximum atomic E-state index is 14.5. The van der Waals surface area contributed by atoms with E-state index in [0.29, 0.717) is 17.1 Å². The molecule has 0 saturated carbocycles. The molecule has 1 aliphatic carbocycles. The summed E-state index contributed by atoms with van der Waals surface area (Å²) in [6.07, 6.45) is -1.90. The number of phenolic OH excluding ortho intramolecular Hbond substituents is 2. The quantitative estimate of drug-likeness (QED) is 0.212. The average Bonchev–Trinajstić information content (AvgIpc) is 3.78. The van der Waals surface area contributed by atoms with Gasteiger partial charge in [-0.2, -0.15) is 5.10 Å². The molecule has 0 fully saturated rings. The number of carbonyl (C=O) groups excluding carboxylic acids is 1. The number of aromatic amines is 1. The van der Waals surface area contributed by atoms with Gasteiger partial charge in [0.25, 0.3) is 5.56 Å². The van der Waals surface area contributed by atoms with E-state index in [9.17, 15) is 37.8 Å². The van der Waals surface area contributed by atoms with Crippen LogP contribution in [-0.2, 0) is 12.0 Å². The van der Waals surface area contributed by atoms with Crippen molar-refractivity contribution in [2.45, 2.75) is 39.1 Å². The highest BCUT2D eigenvalue weighted by atomic mass is 19.4. The highest BCUT2D eigenvalue weighted by molar-refractivity contribution is 6.14. The van der Waals surface area contributed by atoms with Gasteiger partial charge < -0.3 is 24.1 Å². The summed E-state index contributed by atoms with van der Waals surface area (Å²) in [5.41, 5.74) is -1.86. The smallest absolute Gasteiger partial charge is 0.507 e. The van der Waals surface area contributed by atoms with E-state index < -0.39 is 46.1 Å². The van der Waals surface area contributed by atoms with E-state index in [-0.39, 0.29) is 62.7 Å². The van der Waals surface area contributed by atoms with E-state index in [1.807, 2.05) is 0 Å². The van der Waals surface area contributed by atoms with E-state index >= 15 is 0 Å². The molecule has 1 unspecified atom stereocenters. The Morgan fingerprint density at radius 3 is 2.43 bits per heavy atom. The summed E-state index contributed by atoms with van der Waals surface area (Å²) in [6, 6.07) is 11.1. The number of Topliss-reactive ketones (excluding diaryl/α,β-unsaturated/α-hetero) is 1. The standard InChI is InChI=1S/C35H24F3N5O8/c1-15-27(44)25(21-11-10-20-31(39-21)42(33(48)40-32(20)47)14-19-5-4-12-49-19)29-26(28(15)45)34(3)23(50-29)13-22-24(30(34)46)16(2)41-43(22)17-6-8-18(9-7-17)51-35(36,37)38/h4-13,44-45H,14H2,1-3H3,(H,40,47,48). The van der Waals surface area contributed by atoms with Crippen LogP contribution in [0.15, 0.2) is 74.6 Å². The predicted octanol–water partition coefficient (Wildman–Crippen LogP) is 5.39. The molecule has 51 heavy (non-hydrogen) atoms. The number of pyridine rings is 1. The first-order valence-corrected chi connectivity index (χ1v) is 15.3. The number of ketones is 1. The number of fused-ring (bicyclic) bond motifs is 5. The Morgan fingerprint density at radius 1 is 1.00 bits per heavy atom. The Hall–Kier alpha value is -6.58. The zero-order chi connectivity index (χ0) is 36.1. The minimum Gasteiger partial charge on any atom is -0.507 e. The van der Waals surface area contributed by atoms with Crippen LogP contribution in [0.1, 0.15) is 45.6 Å². The van der Waals surface area contributed by atoms with Gasteiger partial charge >= 0.3 is 12.1 Å². The average molecular weight is 700 g/mol. The predicted molar refractivity (Wildman–Crippen MR) is 173 cm³/mol. The minimum absolute atomic E-state index is 0.00791. The highest BCUT2D eigenvalue weighted by Gasteiger charge is 2.55. The molecule has 16 heteroatoms. The zero-order valence-electron chi connectivity index (χ0n) is 26.7. The fourth-order valence-corrected chi connectivity index (χ4v) is 6.69. The first-order chi connectivity index (χ1) is 24.2. The molecule has 0 spiro atoms. The number of carbonyl (C=O) groups is 1. The summed E-state index contributed by atoms with van der Waals surface area (Å²) >= 11 is 0. The van der Waals surface area contributed by atoms with E-state index in [4.69, 9.17) is 9.15 Å². The number of ether oxygens (including phenoxy) is 2. The van der Waals surface area contributed by atoms with Crippen molar-refractivity contribution < 1.29 is 42.1 Å². The van der Waals surface area contributed by atoms with Gasteiger partial charge in [0.05, 0.1) is 57.7 Å². The van der Waals surface area contributed by atoms with Crippen LogP contribution in [0.25, 0.3) is 34.1 Å². The number of phenols is 2. The van der Waals surface area contributed by atoms with Gasteiger partial charge in [0.1, 0.15) is 39.9 Å². The van der Waals surface area contributed by atoms with E-state index in [1.54, 1.807) is 32.1 Å². The van der Waals surface area contributed by atoms with E-state index in [2.05, 4.69) is 19.8 Å². The molecule has 0 bridgehead atoms. The van der Waals surface area contributed by atoms with Crippen LogP contribution in [0, 0.1) is 13.8 Å². The number of rotatable bonds is 5. The Kier molecular flexibility index (Phi) is 6.65. The Morgan fingerprint density at radius 2 is 1.75 bits per heavy atom. The lowest BCUT2D eigenvalue weighted by Gasteiger charge is -2.27. The third-order valence-corrected chi connectivity index (χ3v) is 9.19. The van der Waals surface area contributed by atoms with Gasteiger partial charge in [-0.05, 0) is 69.3 Å². The van der Waals surface area contributed by atoms with Crippen molar-refractivity contribution in [3.63, 3.8) is 0 Å². The summed E-state index contributed by atoms with van der Waals surface area (Å²) in [4.78, 5) is 47.1. The van der Waals surface area contributed by atoms with Crippen molar-refractivity contribution >= 4 is 22.9 Å². The normalized spacial score (nSPS) is 16.4. The largest absolute Gasteiger partial charge is 0.573 e. The third kappa shape index (κ3) is 4.66. The van der Waals surface area contributed by atoms with E-state index in [1.165, 1.54) is 46.7 Å². The molecule has 5 heterocycles. The molecule has 2 aliphatic rings. The van der Waals surface area contributed by atoms with Crippen molar-refractivity contribution in [3.8, 4) is 39.9 Å². The number of nitrogens with one attached hydrogen (secondary N) is 1. The molecular weight excluding hydrogens is 675 g/mol. The second-order valence-electron chi connectivity index (χ2n) is 12.3. The number of aromatic hydroxyl groups is 2. The number of alkyl halides is 3. The number of benzene rings is 2. The SMILES string of the molecule is Cc1nn(-c2ccc(OC(F)(F)F)cc2)c2c1C(=O)C1(C)C(=C2)Oc2c(-c3ccc4c(=O)[nH]c(=O)n(Cc5ccco5)c4n3)c(O)c(C)c(O)c21. The molecule has 6 aromatic rings. The molecule has 1 atom stereocenters. The van der Waals surface area contributed by atoms with Crippen molar-refractivity contribution in [1.29, 1.82) is 0 Å².